The van der Waals surface area contributed by atoms with Crippen molar-refractivity contribution < 1.29 is 4.79 Å². The van der Waals surface area contributed by atoms with Crippen LogP contribution in [0.15, 0.2) is 33.4 Å². The minimum Gasteiger partial charge on any atom is -0.324 e. The maximum absolute atomic E-state index is 13.2. The molecule has 5 rings (SSSR count). The van der Waals surface area contributed by atoms with Gasteiger partial charge in [-0.15, -0.1) is 11.3 Å². The first kappa shape index (κ1) is 21.1. The highest BCUT2D eigenvalue weighted by molar-refractivity contribution is 7.09. The van der Waals surface area contributed by atoms with Gasteiger partial charge in [0.15, 0.2) is 11.2 Å². The molecule has 170 valence electrons. The summed E-state index contributed by atoms with van der Waals surface area (Å²) in [6.07, 6.45) is 5.74. The van der Waals surface area contributed by atoms with E-state index in [-0.39, 0.29) is 11.6 Å². The number of amides is 1. The van der Waals surface area contributed by atoms with Gasteiger partial charge in [0.1, 0.15) is 0 Å². The fourth-order valence-electron chi connectivity index (χ4n) is 5.44. The second kappa shape index (κ2) is 8.32. The summed E-state index contributed by atoms with van der Waals surface area (Å²) in [6.45, 7) is 5.65. The molecule has 2 aliphatic heterocycles. The van der Waals surface area contributed by atoms with Gasteiger partial charge < -0.3 is 9.47 Å². The number of hydrogen-bond donors (Lipinski definition) is 1. The zero-order valence-electron chi connectivity index (χ0n) is 18.4. The summed E-state index contributed by atoms with van der Waals surface area (Å²) in [5, 5.41) is 2.12. The smallest absolute Gasteiger partial charge is 0.324 e. The van der Waals surface area contributed by atoms with E-state index in [4.69, 9.17) is 0 Å². The summed E-state index contributed by atoms with van der Waals surface area (Å²) in [6, 6.07) is 4.83. The first-order valence-corrected chi connectivity index (χ1v) is 12.2. The zero-order valence-corrected chi connectivity index (χ0v) is 19.2. The van der Waals surface area contributed by atoms with Gasteiger partial charge in [-0.25, -0.2) is 14.6 Å². The lowest BCUT2D eigenvalue weighted by Gasteiger charge is -2.39. The number of aromatic nitrogens is 4. The number of carbonyl (C=O) groups excluding carboxylic acids is 1. The van der Waals surface area contributed by atoms with Crippen molar-refractivity contribution in [2.75, 3.05) is 13.1 Å². The molecule has 5 heterocycles. The largest absolute Gasteiger partial charge is 0.338 e. The van der Waals surface area contributed by atoms with E-state index in [2.05, 4.69) is 32.4 Å². The predicted octanol–water partition coefficient (Wildman–Crippen LogP) is 2.63. The average molecular weight is 457 g/mol. The SMILES string of the molecule is CCN(CC)C(=O)n1c(=O)[nH]c(=O)c2ncn(C3CC4CCC(C3)N4Cc3cccs3)c21. The van der Waals surface area contributed by atoms with E-state index in [1.807, 2.05) is 18.4 Å². The number of hydrogen-bond acceptors (Lipinski definition) is 6. The molecule has 2 atom stereocenters. The van der Waals surface area contributed by atoms with Gasteiger partial charge in [-0.3, -0.25) is 14.7 Å². The number of fused-ring (bicyclic) bond motifs is 3. The van der Waals surface area contributed by atoms with Crippen molar-refractivity contribution in [1.29, 1.82) is 0 Å². The number of imidazole rings is 1. The molecule has 1 N–H and O–H groups in total. The van der Waals surface area contributed by atoms with E-state index in [0.717, 1.165) is 36.8 Å². The Morgan fingerprint density at radius 3 is 2.53 bits per heavy atom. The Balaban J connectivity index is 1.52. The van der Waals surface area contributed by atoms with Crippen LogP contribution >= 0.6 is 11.3 Å². The number of H-pyrrole nitrogens is 1. The molecular weight excluding hydrogens is 428 g/mol. The minimum absolute atomic E-state index is 0.0917. The molecule has 10 heteroatoms. The fraction of sp³-hybridized carbons (Fsp3) is 0.545. The summed E-state index contributed by atoms with van der Waals surface area (Å²) >= 11 is 1.79. The molecule has 2 unspecified atom stereocenters. The summed E-state index contributed by atoms with van der Waals surface area (Å²) in [5.74, 6) is 0. The molecule has 3 aromatic rings. The molecule has 0 radical (unpaired) electrons. The van der Waals surface area contributed by atoms with Crippen LogP contribution in [0.3, 0.4) is 0 Å². The lowest BCUT2D eigenvalue weighted by molar-refractivity contribution is 0.101. The van der Waals surface area contributed by atoms with Crippen molar-refractivity contribution in [3.63, 3.8) is 0 Å². The Hall–Kier alpha value is -2.72. The van der Waals surface area contributed by atoms with Crippen LogP contribution in [0.5, 0.6) is 0 Å². The number of nitrogens with zero attached hydrogens (tertiary/aromatic N) is 5. The third kappa shape index (κ3) is 3.41. The van der Waals surface area contributed by atoms with Gasteiger partial charge in [-0.2, -0.15) is 4.57 Å². The van der Waals surface area contributed by atoms with Crippen LogP contribution in [0.2, 0.25) is 0 Å². The van der Waals surface area contributed by atoms with Crippen molar-refractivity contribution in [3.05, 3.63) is 49.6 Å². The molecule has 0 aromatic carbocycles. The van der Waals surface area contributed by atoms with E-state index < -0.39 is 17.3 Å². The first-order chi connectivity index (χ1) is 15.5. The summed E-state index contributed by atoms with van der Waals surface area (Å²) < 4.78 is 3.00. The second-order valence-corrected chi connectivity index (χ2v) is 9.67. The van der Waals surface area contributed by atoms with Gasteiger partial charge in [0.25, 0.3) is 5.56 Å². The molecule has 2 aliphatic rings. The lowest BCUT2D eigenvalue weighted by Crippen LogP contribution is -2.45. The summed E-state index contributed by atoms with van der Waals surface area (Å²) in [7, 11) is 0. The maximum atomic E-state index is 13.2. The van der Waals surface area contributed by atoms with E-state index >= 15 is 0 Å². The van der Waals surface area contributed by atoms with Crippen molar-refractivity contribution in [1.82, 2.24) is 28.9 Å². The summed E-state index contributed by atoms with van der Waals surface area (Å²) in [4.78, 5) is 50.5. The second-order valence-electron chi connectivity index (χ2n) is 8.64. The molecule has 1 amide bonds. The third-order valence-corrected chi connectivity index (χ3v) is 7.88. The van der Waals surface area contributed by atoms with Crippen LogP contribution < -0.4 is 11.2 Å². The summed E-state index contributed by atoms with van der Waals surface area (Å²) in [5.41, 5.74) is -0.810. The van der Waals surface area contributed by atoms with Crippen molar-refractivity contribution >= 4 is 28.5 Å². The molecule has 2 bridgehead atoms. The van der Waals surface area contributed by atoms with Gasteiger partial charge in [0.2, 0.25) is 0 Å². The van der Waals surface area contributed by atoms with Gasteiger partial charge >= 0.3 is 11.7 Å². The fourth-order valence-corrected chi connectivity index (χ4v) is 6.15. The number of piperidine rings is 1. The van der Waals surface area contributed by atoms with Crippen LogP contribution in [0.4, 0.5) is 4.79 Å². The predicted molar refractivity (Wildman–Crippen MR) is 123 cm³/mol. The minimum atomic E-state index is -0.709. The van der Waals surface area contributed by atoms with E-state index in [1.165, 1.54) is 4.88 Å². The average Bonchev–Trinajstić information content (AvgIpc) is 3.49. The lowest BCUT2D eigenvalue weighted by atomic mass is 9.97. The molecule has 0 saturated carbocycles. The van der Waals surface area contributed by atoms with Crippen LogP contribution in [0, 0.1) is 0 Å². The third-order valence-electron chi connectivity index (χ3n) is 7.01. The quantitative estimate of drug-likeness (QED) is 0.637. The Morgan fingerprint density at radius 1 is 1.19 bits per heavy atom. The highest BCUT2D eigenvalue weighted by Gasteiger charge is 2.42. The number of nitrogens with one attached hydrogen (secondary N) is 1. The van der Waals surface area contributed by atoms with Gasteiger partial charge in [-0.1, -0.05) is 6.07 Å². The molecule has 0 spiro atoms. The Morgan fingerprint density at radius 2 is 1.91 bits per heavy atom. The zero-order chi connectivity index (χ0) is 22.4. The Bertz CT molecular complexity index is 1220. The van der Waals surface area contributed by atoms with Crippen molar-refractivity contribution in [2.24, 2.45) is 0 Å². The Kier molecular flexibility index (Phi) is 5.50. The monoisotopic (exact) mass is 456 g/mol. The van der Waals surface area contributed by atoms with E-state index in [1.54, 1.807) is 22.6 Å². The van der Waals surface area contributed by atoms with Crippen LogP contribution in [-0.4, -0.2) is 60.1 Å². The molecule has 2 fully saturated rings. The number of carbonyl (C=O) groups is 1. The highest BCUT2D eigenvalue weighted by atomic mass is 32.1. The molecular formula is C22H28N6O3S. The standard InChI is InChI=1S/C22H28N6O3S/c1-3-25(4-2)22(31)28-20-18(19(29)24-21(28)30)23-13-27(20)16-10-14-7-8-15(11-16)26(14)12-17-6-5-9-32-17/h5-6,9,13-16H,3-4,7-8,10-12H2,1-2H3,(H,24,29,30). The van der Waals surface area contributed by atoms with E-state index in [9.17, 15) is 14.4 Å². The Labute approximate surface area is 189 Å². The van der Waals surface area contributed by atoms with Gasteiger partial charge in [0, 0.05) is 42.6 Å². The topological polar surface area (TPSA) is 96.2 Å². The molecule has 0 aliphatic carbocycles. The van der Waals surface area contributed by atoms with Crippen LogP contribution in [-0.2, 0) is 6.54 Å². The van der Waals surface area contributed by atoms with Crippen molar-refractivity contribution in [3.8, 4) is 0 Å². The molecule has 32 heavy (non-hydrogen) atoms. The highest BCUT2D eigenvalue weighted by Crippen LogP contribution is 2.42. The van der Waals surface area contributed by atoms with Crippen LogP contribution in [0.25, 0.3) is 11.2 Å². The molecule has 2 saturated heterocycles. The van der Waals surface area contributed by atoms with E-state index in [0.29, 0.717) is 30.8 Å². The maximum Gasteiger partial charge on any atom is 0.338 e. The molecule has 9 nitrogen and oxygen atoms in total. The van der Waals surface area contributed by atoms with Gasteiger partial charge in [-0.05, 0) is 51.0 Å². The normalized spacial score (nSPS) is 23.1. The number of aromatic amines is 1. The van der Waals surface area contributed by atoms with Gasteiger partial charge in [0.05, 0.1) is 6.33 Å². The van der Waals surface area contributed by atoms with Crippen molar-refractivity contribution in [2.45, 2.75) is 64.2 Å². The van der Waals surface area contributed by atoms with Crippen LogP contribution in [0.1, 0.15) is 50.4 Å². The first-order valence-electron chi connectivity index (χ1n) is 11.3. The molecule has 3 aromatic heterocycles. The number of rotatable bonds is 5. The number of thiophene rings is 1.